The van der Waals surface area contributed by atoms with Crippen LogP contribution < -0.4 is 4.80 Å². The van der Waals surface area contributed by atoms with E-state index in [9.17, 15) is 4.79 Å². The smallest absolute Gasteiger partial charge is 0.280 e. The molecule has 3 rings (SSSR count). The Labute approximate surface area is 165 Å². The SMILES string of the molecule is COCCn1c(=NC(=O)c2ccccc2SC)sc2c(Cl)ccc(C)c21. The van der Waals surface area contributed by atoms with Crippen LogP contribution in [-0.4, -0.2) is 30.4 Å². The van der Waals surface area contributed by atoms with Crippen LogP contribution in [0.4, 0.5) is 0 Å². The van der Waals surface area contributed by atoms with Gasteiger partial charge in [0.05, 0.1) is 27.4 Å². The number of hydrogen-bond donors (Lipinski definition) is 0. The molecule has 136 valence electrons. The zero-order chi connectivity index (χ0) is 18.7. The second-order valence-corrected chi connectivity index (χ2v) is 7.92. The quantitative estimate of drug-likeness (QED) is 0.573. The molecule has 3 aromatic rings. The lowest BCUT2D eigenvalue weighted by Gasteiger charge is -2.07. The van der Waals surface area contributed by atoms with Crippen LogP contribution in [0, 0.1) is 6.92 Å². The molecular weight excluding hydrogens is 388 g/mol. The number of carbonyl (C=O) groups excluding carboxylic acids is 1. The van der Waals surface area contributed by atoms with E-state index in [1.165, 1.54) is 23.1 Å². The van der Waals surface area contributed by atoms with Crippen LogP contribution in [0.1, 0.15) is 15.9 Å². The lowest BCUT2D eigenvalue weighted by Crippen LogP contribution is -2.20. The molecule has 0 aliphatic rings. The van der Waals surface area contributed by atoms with Crippen molar-refractivity contribution in [3.8, 4) is 0 Å². The standard InChI is InChI=1S/C19H19ClN2O2S2/c1-12-8-9-14(20)17-16(12)22(10-11-24-2)19(26-17)21-18(23)13-6-4-5-7-15(13)25-3/h4-9H,10-11H2,1-3H3. The number of fused-ring (bicyclic) bond motifs is 1. The number of aromatic nitrogens is 1. The monoisotopic (exact) mass is 406 g/mol. The summed E-state index contributed by atoms with van der Waals surface area (Å²) in [7, 11) is 1.66. The fraction of sp³-hybridized carbons (Fsp3) is 0.263. The van der Waals surface area contributed by atoms with E-state index in [1.807, 2.05) is 54.1 Å². The van der Waals surface area contributed by atoms with E-state index in [2.05, 4.69) is 4.99 Å². The number of rotatable bonds is 5. The first-order valence-electron chi connectivity index (χ1n) is 8.06. The van der Waals surface area contributed by atoms with Crippen LogP contribution in [0.3, 0.4) is 0 Å². The lowest BCUT2D eigenvalue weighted by atomic mass is 10.2. The van der Waals surface area contributed by atoms with Gasteiger partial charge in [-0.05, 0) is 36.9 Å². The van der Waals surface area contributed by atoms with Crippen molar-refractivity contribution in [3.05, 3.63) is 57.3 Å². The number of methoxy groups -OCH3 is 1. The van der Waals surface area contributed by atoms with E-state index in [4.69, 9.17) is 16.3 Å². The summed E-state index contributed by atoms with van der Waals surface area (Å²) in [5.41, 5.74) is 2.71. The Morgan fingerprint density at radius 2 is 2.08 bits per heavy atom. The highest BCUT2D eigenvalue weighted by Gasteiger charge is 2.14. The molecule has 26 heavy (non-hydrogen) atoms. The molecule has 0 saturated carbocycles. The number of thiazole rings is 1. The third kappa shape index (κ3) is 3.74. The Morgan fingerprint density at radius 1 is 1.31 bits per heavy atom. The van der Waals surface area contributed by atoms with Gasteiger partial charge in [0.2, 0.25) is 0 Å². The minimum absolute atomic E-state index is 0.249. The Hall–Kier alpha value is -1.60. The fourth-order valence-corrected chi connectivity index (χ4v) is 4.76. The molecule has 1 heterocycles. The number of amides is 1. The number of carbonyl (C=O) groups is 1. The summed E-state index contributed by atoms with van der Waals surface area (Å²) in [6, 6.07) is 11.4. The molecule has 0 unspecified atom stereocenters. The minimum atomic E-state index is -0.249. The van der Waals surface area contributed by atoms with Gasteiger partial charge >= 0.3 is 0 Å². The van der Waals surface area contributed by atoms with Crippen LogP contribution in [0.2, 0.25) is 5.02 Å². The Kier molecular flexibility index (Phi) is 6.19. The van der Waals surface area contributed by atoms with Crippen molar-refractivity contribution in [1.29, 1.82) is 0 Å². The summed E-state index contributed by atoms with van der Waals surface area (Å²) in [4.78, 5) is 18.8. The van der Waals surface area contributed by atoms with Gasteiger partial charge in [-0.3, -0.25) is 4.79 Å². The van der Waals surface area contributed by atoms with Crippen molar-refractivity contribution in [3.63, 3.8) is 0 Å². The molecule has 1 aromatic heterocycles. The van der Waals surface area contributed by atoms with Crippen LogP contribution in [-0.2, 0) is 11.3 Å². The maximum atomic E-state index is 12.8. The molecule has 0 saturated heterocycles. The predicted molar refractivity (Wildman–Crippen MR) is 110 cm³/mol. The molecule has 0 bridgehead atoms. The van der Waals surface area contributed by atoms with Crippen molar-refractivity contribution < 1.29 is 9.53 Å². The van der Waals surface area contributed by atoms with Crippen LogP contribution in [0.15, 0.2) is 46.3 Å². The van der Waals surface area contributed by atoms with Gasteiger partial charge in [-0.25, -0.2) is 0 Å². The zero-order valence-electron chi connectivity index (χ0n) is 14.8. The summed E-state index contributed by atoms with van der Waals surface area (Å²) in [6.45, 7) is 3.16. The van der Waals surface area contributed by atoms with Gasteiger partial charge in [-0.2, -0.15) is 4.99 Å². The number of aryl methyl sites for hydroxylation is 1. The number of halogens is 1. The summed E-state index contributed by atoms with van der Waals surface area (Å²) < 4.78 is 8.19. The molecular formula is C19H19ClN2O2S2. The Bertz CT molecular complexity index is 1020. The molecule has 0 N–H and O–H groups in total. The van der Waals surface area contributed by atoms with E-state index >= 15 is 0 Å². The molecule has 0 spiro atoms. The number of benzene rings is 2. The lowest BCUT2D eigenvalue weighted by molar-refractivity contribution is 0.0994. The first kappa shape index (κ1) is 19.2. The van der Waals surface area contributed by atoms with E-state index in [1.54, 1.807) is 7.11 Å². The van der Waals surface area contributed by atoms with Crippen molar-refractivity contribution >= 4 is 50.8 Å². The third-order valence-corrected chi connectivity index (χ3v) is 6.37. The first-order chi connectivity index (χ1) is 12.6. The molecule has 0 aliphatic heterocycles. The topological polar surface area (TPSA) is 43.6 Å². The highest BCUT2D eigenvalue weighted by molar-refractivity contribution is 7.98. The molecule has 2 aromatic carbocycles. The summed E-state index contributed by atoms with van der Waals surface area (Å²) in [6.07, 6.45) is 1.95. The molecule has 0 radical (unpaired) electrons. The van der Waals surface area contributed by atoms with Gasteiger partial charge in [-0.1, -0.05) is 41.1 Å². The maximum Gasteiger partial charge on any atom is 0.280 e. The molecule has 4 nitrogen and oxygen atoms in total. The van der Waals surface area contributed by atoms with Crippen molar-refractivity contribution in [2.75, 3.05) is 20.0 Å². The Balaban J connectivity index is 2.20. The minimum Gasteiger partial charge on any atom is -0.383 e. The van der Waals surface area contributed by atoms with Crippen LogP contribution in [0.25, 0.3) is 10.2 Å². The van der Waals surface area contributed by atoms with Gasteiger partial charge in [-0.15, -0.1) is 11.8 Å². The fourth-order valence-electron chi connectivity index (χ4n) is 2.76. The van der Waals surface area contributed by atoms with Gasteiger partial charge in [0, 0.05) is 18.6 Å². The van der Waals surface area contributed by atoms with Crippen molar-refractivity contribution in [1.82, 2.24) is 4.57 Å². The van der Waals surface area contributed by atoms with Gasteiger partial charge in [0.1, 0.15) is 0 Å². The highest BCUT2D eigenvalue weighted by Crippen LogP contribution is 2.29. The van der Waals surface area contributed by atoms with Gasteiger partial charge < -0.3 is 9.30 Å². The number of hydrogen-bond acceptors (Lipinski definition) is 4. The Morgan fingerprint density at radius 3 is 2.81 bits per heavy atom. The van der Waals surface area contributed by atoms with E-state index < -0.39 is 0 Å². The number of ether oxygens (including phenoxy) is 1. The average molecular weight is 407 g/mol. The average Bonchev–Trinajstić information content (AvgIpc) is 3.02. The van der Waals surface area contributed by atoms with Crippen LogP contribution in [0.5, 0.6) is 0 Å². The normalized spacial score (nSPS) is 12.1. The van der Waals surface area contributed by atoms with E-state index in [-0.39, 0.29) is 5.91 Å². The second kappa shape index (κ2) is 8.39. The van der Waals surface area contributed by atoms with Crippen molar-refractivity contribution in [2.45, 2.75) is 18.4 Å². The molecule has 1 amide bonds. The third-order valence-electron chi connectivity index (χ3n) is 4.03. The van der Waals surface area contributed by atoms with Gasteiger partial charge in [0.25, 0.3) is 5.91 Å². The predicted octanol–water partition coefficient (Wildman–Crippen LogP) is 4.77. The first-order valence-corrected chi connectivity index (χ1v) is 10.5. The van der Waals surface area contributed by atoms with Crippen molar-refractivity contribution in [2.24, 2.45) is 4.99 Å². The number of thioether (sulfide) groups is 1. The molecule has 0 atom stereocenters. The largest absolute Gasteiger partial charge is 0.383 e. The maximum absolute atomic E-state index is 12.8. The van der Waals surface area contributed by atoms with Crippen LogP contribution >= 0.6 is 34.7 Å². The number of nitrogens with zero attached hydrogens (tertiary/aromatic N) is 2. The van der Waals surface area contributed by atoms with E-state index in [0.29, 0.717) is 28.5 Å². The summed E-state index contributed by atoms with van der Waals surface area (Å²) >= 11 is 9.36. The molecule has 0 aliphatic carbocycles. The summed E-state index contributed by atoms with van der Waals surface area (Å²) in [5, 5.41) is 0.667. The highest BCUT2D eigenvalue weighted by atomic mass is 35.5. The molecule has 0 fully saturated rings. The summed E-state index contributed by atoms with van der Waals surface area (Å²) in [5.74, 6) is -0.249. The zero-order valence-corrected chi connectivity index (χ0v) is 17.2. The second-order valence-electron chi connectivity index (χ2n) is 5.69. The van der Waals surface area contributed by atoms with Gasteiger partial charge in [0.15, 0.2) is 4.80 Å². The molecule has 7 heteroatoms. The van der Waals surface area contributed by atoms with E-state index in [0.717, 1.165) is 20.7 Å².